The van der Waals surface area contributed by atoms with Crippen LogP contribution in [0.25, 0.3) is 0 Å². The lowest BCUT2D eigenvalue weighted by molar-refractivity contribution is 0.512. The minimum absolute atomic E-state index is 0.257. The fourth-order valence-corrected chi connectivity index (χ4v) is 2.99. The Morgan fingerprint density at radius 2 is 1.87 bits per heavy atom. The maximum atomic E-state index is 6.43. The molecule has 2 heteroatoms. The van der Waals surface area contributed by atoms with Crippen molar-refractivity contribution < 1.29 is 0 Å². The molecule has 0 bridgehead atoms. The SMILES string of the molecule is Clc1ccccc1CC(Cl)C1CCCC1. The highest BCUT2D eigenvalue weighted by Gasteiger charge is 2.23. The first-order chi connectivity index (χ1) is 7.27. The molecular formula is C13H16Cl2. The van der Waals surface area contributed by atoms with Crippen LogP contribution < -0.4 is 0 Å². The number of alkyl halides is 1. The molecule has 0 N–H and O–H groups in total. The summed E-state index contributed by atoms with van der Waals surface area (Å²) in [7, 11) is 0. The van der Waals surface area contributed by atoms with E-state index in [-0.39, 0.29) is 5.38 Å². The Morgan fingerprint density at radius 1 is 1.20 bits per heavy atom. The minimum Gasteiger partial charge on any atom is -0.122 e. The van der Waals surface area contributed by atoms with Gasteiger partial charge in [0.25, 0.3) is 0 Å². The van der Waals surface area contributed by atoms with Crippen molar-refractivity contribution in [3.8, 4) is 0 Å². The Morgan fingerprint density at radius 3 is 2.53 bits per heavy atom. The Hall–Kier alpha value is -0.200. The van der Waals surface area contributed by atoms with E-state index in [1.54, 1.807) is 0 Å². The largest absolute Gasteiger partial charge is 0.122 e. The van der Waals surface area contributed by atoms with Crippen LogP contribution in [0.5, 0.6) is 0 Å². The predicted molar refractivity (Wildman–Crippen MR) is 66.8 cm³/mol. The molecule has 2 rings (SSSR count). The van der Waals surface area contributed by atoms with E-state index >= 15 is 0 Å². The van der Waals surface area contributed by atoms with E-state index in [0.29, 0.717) is 5.92 Å². The zero-order chi connectivity index (χ0) is 10.7. The van der Waals surface area contributed by atoms with E-state index in [1.165, 1.54) is 31.2 Å². The molecule has 82 valence electrons. The van der Waals surface area contributed by atoms with Crippen LogP contribution in [0.2, 0.25) is 5.02 Å². The number of hydrogen-bond donors (Lipinski definition) is 0. The van der Waals surface area contributed by atoms with E-state index in [0.717, 1.165) is 11.4 Å². The fraction of sp³-hybridized carbons (Fsp3) is 0.538. The van der Waals surface area contributed by atoms with E-state index in [4.69, 9.17) is 23.2 Å². The predicted octanol–water partition coefficient (Wildman–Crippen LogP) is 4.68. The van der Waals surface area contributed by atoms with Crippen molar-refractivity contribution in [3.63, 3.8) is 0 Å². The number of rotatable bonds is 3. The van der Waals surface area contributed by atoms with Gasteiger partial charge in [-0.3, -0.25) is 0 Å². The summed E-state index contributed by atoms with van der Waals surface area (Å²) in [6.07, 6.45) is 6.18. The topological polar surface area (TPSA) is 0 Å². The van der Waals surface area contributed by atoms with Gasteiger partial charge in [-0.25, -0.2) is 0 Å². The van der Waals surface area contributed by atoms with Crippen molar-refractivity contribution in [2.45, 2.75) is 37.5 Å². The molecule has 1 atom stereocenters. The second kappa shape index (κ2) is 5.23. The second-order valence-corrected chi connectivity index (χ2v) is 5.32. The summed E-state index contributed by atoms with van der Waals surface area (Å²) in [5, 5.41) is 1.11. The maximum absolute atomic E-state index is 6.43. The third-order valence-corrected chi connectivity index (χ3v) is 4.16. The van der Waals surface area contributed by atoms with Crippen molar-refractivity contribution in [1.82, 2.24) is 0 Å². The molecule has 1 fully saturated rings. The van der Waals surface area contributed by atoms with Gasteiger partial charge in [-0.15, -0.1) is 11.6 Å². The molecule has 0 radical (unpaired) electrons. The monoisotopic (exact) mass is 242 g/mol. The molecule has 15 heavy (non-hydrogen) atoms. The van der Waals surface area contributed by atoms with Crippen LogP contribution >= 0.6 is 23.2 Å². The fourth-order valence-electron chi connectivity index (χ4n) is 2.36. The molecule has 0 heterocycles. The van der Waals surface area contributed by atoms with Crippen LogP contribution in [-0.4, -0.2) is 5.38 Å². The van der Waals surface area contributed by atoms with Crippen LogP contribution in [0, 0.1) is 5.92 Å². The minimum atomic E-state index is 0.257. The molecule has 1 aromatic rings. The molecule has 1 aliphatic carbocycles. The second-order valence-electron chi connectivity index (χ2n) is 4.36. The van der Waals surface area contributed by atoms with Gasteiger partial charge in [-0.2, -0.15) is 0 Å². The lowest BCUT2D eigenvalue weighted by Gasteiger charge is -2.17. The van der Waals surface area contributed by atoms with Gasteiger partial charge in [0.1, 0.15) is 0 Å². The molecule has 0 aliphatic heterocycles. The van der Waals surface area contributed by atoms with Crippen molar-refractivity contribution in [2.24, 2.45) is 5.92 Å². The molecule has 1 saturated carbocycles. The first-order valence-corrected chi connectivity index (χ1v) is 6.46. The quantitative estimate of drug-likeness (QED) is 0.676. The molecular weight excluding hydrogens is 227 g/mol. The zero-order valence-electron chi connectivity index (χ0n) is 8.76. The molecule has 0 nitrogen and oxygen atoms in total. The molecule has 0 amide bonds. The average Bonchev–Trinajstić information content (AvgIpc) is 2.74. The molecule has 0 spiro atoms. The summed E-state index contributed by atoms with van der Waals surface area (Å²) >= 11 is 12.6. The Balaban J connectivity index is 1.99. The Kier molecular flexibility index (Phi) is 3.93. The highest BCUT2D eigenvalue weighted by Crippen LogP contribution is 2.33. The van der Waals surface area contributed by atoms with Crippen molar-refractivity contribution in [2.75, 3.05) is 0 Å². The summed E-state index contributed by atoms with van der Waals surface area (Å²) in [5.74, 6) is 0.697. The van der Waals surface area contributed by atoms with Crippen LogP contribution in [0.4, 0.5) is 0 Å². The van der Waals surface area contributed by atoms with Gasteiger partial charge in [0, 0.05) is 10.4 Å². The van der Waals surface area contributed by atoms with Gasteiger partial charge in [-0.1, -0.05) is 42.6 Å². The summed E-state index contributed by atoms with van der Waals surface area (Å²) in [6.45, 7) is 0. The van der Waals surface area contributed by atoms with E-state index in [2.05, 4.69) is 6.07 Å². The third-order valence-electron chi connectivity index (χ3n) is 3.28. The van der Waals surface area contributed by atoms with Gasteiger partial charge in [0.2, 0.25) is 0 Å². The normalized spacial score (nSPS) is 19.3. The molecule has 1 aliphatic rings. The smallest absolute Gasteiger partial charge is 0.0438 e. The first kappa shape index (κ1) is 11.3. The van der Waals surface area contributed by atoms with Gasteiger partial charge in [0.05, 0.1) is 0 Å². The summed E-state index contributed by atoms with van der Waals surface area (Å²) in [4.78, 5) is 0. The van der Waals surface area contributed by atoms with Gasteiger partial charge in [0.15, 0.2) is 0 Å². The average molecular weight is 243 g/mol. The maximum Gasteiger partial charge on any atom is 0.0438 e. The molecule has 1 aromatic carbocycles. The van der Waals surface area contributed by atoms with Gasteiger partial charge < -0.3 is 0 Å². The summed E-state index contributed by atoms with van der Waals surface area (Å²) in [6, 6.07) is 8.01. The third kappa shape index (κ3) is 2.89. The Bertz CT molecular complexity index is 316. The van der Waals surface area contributed by atoms with Crippen molar-refractivity contribution >= 4 is 23.2 Å². The lowest BCUT2D eigenvalue weighted by atomic mass is 9.97. The van der Waals surface area contributed by atoms with E-state index < -0.39 is 0 Å². The highest BCUT2D eigenvalue weighted by molar-refractivity contribution is 6.31. The van der Waals surface area contributed by atoms with Crippen molar-refractivity contribution in [3.05, 3.63) is 34.9 Å². The number of hydrogen-bond acceptors (Lipinski definition) is 0. The van der Waals surface area contributed by atoms with Crippen LogP contribution in [-0.2, 0) is 6.42 Å². The Labute approximate surface area is 102 Å². The lowest BCUT2D eigenvalue weighted by Crippen LogP contribution is -2.14. The molecule has 0 aromatic heterocycles. The van der Waals surface area contributed by atoms with Crippen molar-refractivity contribution in [1.29, 1.82) is 0 Å². The standard InChI is InChI=1S/C13H16Cl2/c14-12-8-4-3-7-11(12)9-13(15)10-5-1-2-6-10/h3-4,7-8,10,13H,1-2,5-6,9H2. The zero-order valence-corrected chi connectivity index (χ0v) is 10.3. The van der Waals surface area contributed by atoms with Crippen LogP contribution in [0.15, 0.2) is 24.3 Å². The molecule has 1 unspecified atom stereocenters. The van der Waals surface area contributed by atoms with Crippen LogP contribution in [0.3, 0.4) is 0 Å². The number of halogens is 2. The highest BCUT2D eigenvalue weighted by atomic mass is 35.5. The van der Waals surface area contributed by atoms with Gasteiger partial charge in [-0.05, 0) is 36.8 Å². The summed E-state index contributed by atoms with van der Waals surface area (Å²) < 4.78 is 0. The first-order valence-electron chi connectivity index (χ1n) is 5.65. The van der Waals surface area contributed by atoms with E-state index in [9.17, 15) is 0 Å². The molecule has 0 saturated heterocycles. The van der Waals surface area contributed by atoms with Crippen LogP contribution in [0.1, 0.15) is 31.2 Å². The number of benzene rings is 1. The summed E-state index contributed by atoms with van der Waals surface area (Å²) in [5.41, 5.74) is 1.19. The van der Waals surface area contributed by atoms with E-state index in [1.807, 2.05) is 18.2 Å². The van der Waals surface area contributed by atoms with Gasteiger partial charge >= 0.3 is 0 Å².